The number of rotatable bonds is 4. The van der Waals surface area contributed by atoms with Crippen LogP contribution >= 0.6 is 0 Å². The van der Waals surface area contributed by atoms with Gasteiger partial charge < -0.3 is 9.80 Å². The van der Waals surface area contributed by atoms with Crippen LogP contribution in [0.5, 0.6) is 0 Å². The monoisotopic (exact) mass is 365 g/mol. The molecule has 0 radical (unpaired) electrons. The van der Waals surface area contributed by atoms with Gasteiger partial charge in [0, 0.05) is 51.9 Å². The Morgan fingerprint density at radius 1 is 0.741 bits per heavy atom. The average Bonchev–Trinajstić information content (AvgIpc) is 2.98. The van der Waals surface area contributed by atoms with Crippen molar-refractivity contribution in [2.75, 3.05) is 49.1 Å². The molecule has 2 fully saturated rings. The fourth-order valence-corrected chi connectivity index (χ4v) is 4.14. The molecule has 0 amide bonds. The SMILES string of the molecule is Cc1nc(N2CCCCCC2)cc(N2CCN(Cc3ccccc3)CC2)n1. The summed E-state index contributed by atoms with van der Waals surface area (Å²) in [4.78, 5) is 16.9. The summed E-state index contributed by atoms with van der Waals surface area (Å²) in [6, 6.07) is 13.0. The lowest BCUT2D eigenvalue weighted by Gasteiger charge is -2.36. The molecule has 1 aromatic heterocycles. The highest BCUT2D eigenvalue weighted by Gasteiger charge is 2.20. The number of hydrogen-bond donors (Lipinski definition) is 0. The molecule has 4 rings (SSSR count). The van der Waals surface area contributed by atoms with E-state index in [1.165, 1.54) is 31.2 Å². The van der Waals surface area contributed by atoms with E-state index < -0.39 is 0 Å². The molecule has 0 unspecified atom stereocenters. The number of hydrogen-bond acceptors (Lipinski definition) is 5. The molecule has 2 aromatic rings. The average molecular weight is 366 g/mol. The van der Waals surface area contributed by atoms with Gasteiger partial charge in [0.05, 0.1) is 0 Å². The molecule has 5 nitrogen and oxygen atoms in total. The van der Waals surface area contributed by atoms with Gasteiger partial charge in [-0.1, -0.05) is 43.2 Å². The van der Waals surface area contributed by atoms with Crippen LogP contribution in [-0.2, 0) is 6.54 Å². The van der Waals surface area contributed by atoms with Crippen molar-refractivity contribution in [3.05, 3.63) is 47.8 Å². The number of piperazine rings is 1. The van der Waals surface area contributed by atoms with Crippen LogP contribution in [0.3, 0.4) is 0 Å². The standard InChI is InChI=1S/C22H31N5/c1-19-23-21(26-11-7-2-3-8-12-26)17-22(24-19)27-15-13-25(14-16-27)18-20-9-5-4-6-10-20/h4-6,9-10,17H,2-3,7-8,11-16,18H2,1H3. The van der Waals surface area contributed by atoms with Crippen molar-refractivity contribution in [1.29, 1.82) is 0 Å². The molecule has 27 heavy (non-hydrogen) atoms. The van der Waals surface area contributed by atoms with Gasteiger partial charge in [0.15, 0.2) is 0 Å². The van der Waals surface area contributed by atoms with Crippen LogP contribution in [0.4, 0.5) is 11.6 Å². The largest absolute Gasteiger partial charge is 0.356 e. The highest BCUT2D eigenvalue weighted by Crippen LogP contribution is 2.23. The van der Waals surface area contributed by atoms with Crippen molar-refractivity contribution in [1.82, 2.24) is 14.9 Å². The lowest BCUT2D eigenvalue weighted by Crippen LogP contribution is -2.46. The predicted molar refractivity (Wildman–Crippen MR) is 111 cm³/mol. The van der Waals surface area contributed by atoms with E-state index in [-0.39, 0.29) is 0 Å². The minimum absolute atomic E-state index is 0.887. The molecule has 5 heteroatoms. The van der Waals surface area contributed by atoms with Crippen molar-refractivity contribution in [3.63, 3.8) is 0 Å². The van der Waals surface area contributed by atoms with E-state index in [1.807, 2.05) is 6.92 Å². The van der Waals surface area contributed by atoms with Gasteiger partial charge in [0.2, 0.25) is 0 Å². The van der Waals surface area contributed by atoms with Crippen molar-refractivity contribution >= 4 is 11.6 Å². The Morgan fingerprint density at radius 3 is 1.96 bits per heavy atom. The lowest BCUT2D eigenvalue weighted by atomic mass is 10.2. The van der Waals surface area contributed by atoms with Gasteiger partial charge in [-0.05, 0) is 25.3 Å². The third kappa shape index (κ3) is 4.78. The Kier molecular flexibility index (Phi) is 5.87. The maximum Gasteiger partial charge on any atom is 0.134 e. The highest BCUT2D eigenvalue weighted by atomic mass is 15.3. The topological polar surface area (TPSA) is 35.5 Å². The number of anilines is 2. The molecule has 144 valence electrons. The van der Waals surface area contributed by atoms with E-state index in [0.717, 1.165) is 63.3 Å². The first kappa shape index (κ1) is 18.2. The molecule has 3 heterocycles. The van der Waals surface area contributed by atoms with Crippen LogP contribution in [0.2, 0.25) is 0 Å². The second-order valence-electron chi connectivity index (χ2n) is 7.78. The molecular weight excluding hydrogens is 334 g/mol. The summed E-state index contributed by atoms with van der Waals surface area (Å²) in [5, 5.41) is 0. The van der Waals surface area contributed by atoms with Crippen LogP contribution in [0.25, 0.3) is 0 Å². The third-order valence-corrected chi connectivity index (χ3v) is 5.69. The summed E-state index contributed by atoms with van der Waals surface area (Å²) in [5.41, 5.74) is 1.40. The lowest BCUT2D eigenvalue weighted by molar-refractivity contribution is 0.249. The van der Waals surface area contributed by atoms with E-state index in [2.05, 4.69) is 51.1 Å². The minimum Gasteiger partial charge on any atom is -0.356 e. The predicted octanol–water partition coefficient (Wildman–Crippen LogP) is 3.49. The van der Waals surface area contributed by atoms with E-state index in [4.69, 9.17) is 9.97 Å². The number of nitrogens with zero attached hydrogens (tertiary/aromatic N) is 5. The summed E-state index contributed by atoms with van der Waals surface area (Å²) in [6.07, 6.45) is 5.24. The number of aromatic nitrogens is 2. The van der Waals surface area contributed by atoms with E-state index in [1.54, 1.807) is 0 Å². The van der Waals surface area contributed by atoms with Gasteiger partial charge in [-0.3, -0.25) is 4.90 Å². The van der Waals surface area contributed by atoms with Crippen LogP contribution < -0.4 is 9.80 Å². The third-order valence-electron chi connectivity index (χ3n) is 5.69. The Labute approximate surface area is 163 Å². The second-order valence-corrected chi connectivity index (χ2v) is 7.78. The Balaban J connectivity index is 1.40. The van der Waals surface area contributed by atoms with Gasteiger partial charge in [-0.15, -0.1) is 0 Å². The van der Waals surface area contributed by atoms with Gasteiger partial charge in [0.1, 0.15) is 17.5 Å². The minimum atomic E-state index is 0.887. The molecule has 0 N–H and O–H groups in total. The maximum atomic E-state index is 4.75. The molecule has 2 saturated heterocycles. The highest BCUT2D eigenvalue weighted by molar-refractivity contribution is 5.51. The maximum absolute atomic E-state index is 4.75. The van der Waals surface area contributed by atoms with E-state index in [9.17, 15) is 0 Å². The van der Waals surface area contributed by atoms with Gasteiger partial charge in [-0.25, -0.2) is 9.97 Å². The molecular formula is C22H31N5. The molecule has 0 aliphatic carbocycles. The first-order chi connectivity index (χ1) is 13.3. The number of aryl methyl sites for hydroxylation is 1. The van der Waals surface area contributed by atoms with Crippen LogP contribution in [0.15, 0.2) is 36.4 Å². The zero-order valence-electron chi connectivity index (χ0n) is 16.5. The van der Waals surface area contributed by atoms with Gasteiger partial charge in [0.25, 0.3) is 0 Å². The van der Waals surface area contributed by atoms with Crippen molar-refractivity contribution in [3.8, 4) is 0 Å². The van der Waals surface area contributed by atoms with E-state index >= 15 is 0 Å². The van der Waals surface area contributed by atoms with Crippen LogP contribution in [0.1, 0.15) is 37.1 Å². The van der Waals surface area contributed by atoms with Crippen molar-refractivity contribution in [2.45, 2.75) is 39.2 Å². The molecule has 2 aliphatic heterocycles. The fraction of sp³-hybridized carbons (Fsp3) is 0.545. The van der Waals surface area contributed by atoms with Crippen molar-refractivity contribution < 1.29 is 0 Å². The molecule has 0 spiro atoms. The van der Waals surface area contributed by atoms with Gasteiger partial charge in [-0.2, -0.15) is 0 Å². The van der Waals surface area contributed by atoms with E-state index in [0.29, 0.717) is 0 Å². The summed E-state index contributed by atoms with van der Waals surface area (Å²) >= 11 is 0. The molecule has 0 atom stereocenters. The quantitative estimate of drug-likeness (QED) is 0.829. The summed E-state index contributed by atoms with van der Waals surface area (Å²) in [7, 11) is 0. The first-order valence-electron chi connectivity index (χ1n) is 10.4. The van der Waals surface area contributed by atoms with Gasteiger partial charge >= 0.3 is 0 Å². The zero-order valence-corrected chi connectivity index (χ0v) is 16.5. The van der Waals surface area contributed by atoms with Crippen molar-refractivity contribution in [2.24, 2.45) is 0 Å². The summed E-state index contributed by atoms with van der Waals surface area (Å²) in [6.45, 7) is 9.54. The van der Waals surface area contributed by atoms with Crippen LogP contribution in [-0.4, -0.2) is 54.1 Å². The Morgan fingerprint density at radius 2 is 1.33 bits per heavy atom. The fourth-order valence-electron chi connectivity index (χ4n) is 4.14. The molecule has 0 bridgehead atoms. The molecule has 0 saturated carbocycles. The molecule has 2 aliphatic rings. The molecule has 1 aromatic carbocycles. The number of benzene rings is 1. The zero-order chi connectivity index (χ0) is 18.5. The smallest absolute Gasteiger partial charge is 0.134 e. The summed E-state index contributed by atoms with van der Waals surface area (Å²) < 4.78 is 0. The summed E-state index contributed by atoms with van der Waals surface area (Å²) in [5.74, 6) is 3.10. The Hall–Kier alpha value is -2.14. The first-order valence-corrected chi connectivity index (χ1v) is 10.4. The Bertz CT molecular complexity index is 717. The van der Waals surface area contributed by atoms with Crippen LogP contribution in [0, 0.1) is 6.92 Å². The normalized spacial score (nSPS) is 19.1. The second kappa shape index (κ2) is 8.70.